The van der Waals surface area contributed by atoms with Crippen LogP contribution in [0.2, 0.25) is 5.02 Å². The van der Waals surface area contributed by atoms with E-state index >= 15 is 0 Å². The molecule has 2 atom stereocenters. The highest BCUT2D eigenvalue weighted by atomic mass is 35.5. The molecule has 0 unspecified atom stereocenters. The fourth-order valence-corrected chi connectivity index (χ4v) is 3.77. The number of ether oxygens (including phenoxy) is 3. The summed E-state index contributed by atoms with van der Waals surface area (Å²) in [5.74, 6) is -0.507. The Hall–Kier alpha value is -3.26. The number of nitrogens with one attached hydrogen (secondary N) is 1. The van der Waals surface area contributed by atoms with Gasteiger partial charge in [-0.2, -0.15) is 0 Å². The van der Waals surface area contributed by atoms with Gasteiger partial charge in [0.15, 0.2) is 17.6 Å². The van der Waals surface area contributed by atoms with E-state index in [1.807, 2.05) is 18.2 Å². The standard InChI is InChI=1S/C24H27ClN2O6/c1-15(23(29)26-19-6-4-5-18(25)13-19)33-24(30)17-12-22(28)27(14-17)10-9-16-7-8-20(31-2)21(11-16)32-3/h4-8,11,13,15,17H,9-10,12,14H2,1-3H3,(H,26,29)/t15-,17+/m1/s1. The number of hydrogen-bond donors (Lipinski definition) is 1. The molecule has 0 aliphatic carbocycles. The molecular formula is C24H27ClN2O6. The van der Waals surface area contributed by atoms with Crippen LogP contribution in [0.15, 0.2) is 42.5 Å². The Morgan fingerprint density at radius 2 is 1.91 bits per heavy atom. The number of benzene rings is 2. The van der Waals surface area contributed by atoms with E-state index < -0.39 is 23.9 Å². The molecule has 1 saturated heterocycles. The molecule has 2 amide bonds. The molecule has 1 N–H and O–H groups in total. The Labute approximate surface area is 197 Å². The SMILES string of the molecule is COc1ccc(CCN2C[C@@H](C(=O)O[C@H](C)C(=O)Nc3cccc(Cl)c3)CC2=O)cc1OC. The van der Waals surface area contributed by atoms with Crippen LogP contribution in [0.3, 0.4) is 0 Å². The fraction of sp³-hybridized carbons (Fsp3) is 0.375. The lowest BCUT2D eigenvalue weighted by atomic mass is 10.1. The van der Waals surface area contributed by atoms with Crippen molar-refractivity contribution in [3.63, 3.8) is 0 Å². The number of carbonyl (C=O) groups excluding carboxylic acids is 3. The van der Waals surface area contributed by atoms with Crippen molar-refractivity contribution >= 4 is 35.1 Å². The van der Waals surface area contributed by atoms with Crippen LogP contribution in [0.4, 0.5) is 5.69 Å². The van der Waals surface area contributed by atoms with Gasteiger partial charge in [-0.1, -0.05) is 23.7 Å². The van der Waals surface area contributed by atoms with Crippen molar-refractivity contribution in [1.82, 2.24) is 4.90 Å². The lowest BCUT2D eigenvalue weighted by Gasteiger charge is -2.18. The maximum Gasteiger partial charge on any atom is 0.312 e. The van der Waals surface area contributed by atoms with E-state index in [-0.39, 0.29) is 18.9 Å². The van der Waals surface area contributed by atoms with Gasteiger partial charge in [0.05, 0.1) is 20.1 Å². The summed E-state index contributed by atoms with van der Waals surface area (Å²) >= 11 is 5.91. The molecule has 1 aliphatic heterocycles. The first-order valence-corrected chi connectivity index (χ1v) is 10.9. The smallest absolute Gasteiger partial charge is 0.312 e. The summed E-state index contributed by atoms with van der Waals surface area (Å²) in [5.41, 5.74) is 1.49. The Balaban J connectivity index is 1.50. The minimum absolute atomic E-state index is 0.0629. The molecule has 0 bridgehead atoms. The van der Waals surface area contributed by atoms with Crippen LogP contribution in [-0.4, -0.2) is 56.1 Å². The molecule has 1 fully saturated rings. The van der Waals surface area contributed by atoms with Crippen molar-refractivity contribution < 1.29 is 28.6 Å². The van der Waals surface area contributed by atoms with Crippen molar-refractivity contribution in [2.75, 3.05) is 32.6 Å². The lowest BCUT2D eigenvalue weighted by Crippen LogP contribution is -2.33. The zero-order valence-electron chi connectivity index (χ0n) is 18.8. The van der Waals surface area contributed by atoms with Crippen LogP contribution < -0.4 is 14.8 Å². The summed E-state index contributed by atoms with van der Waals surface area (Å²) in [6, 6.07) is 12.3. The molecule has 2 aromatic rings. The summed E-state index contributed by atoms with van der Waals surface area (Å²) in [7, 11) is 3.14. The third-order valence-corrected chi connectivity index (χ3v) is 5.66. The second-order valence-electron chi connectivity index (χ2n) is 7.76. The first-order valence-electron chi connectivity index (χ1n) is 10.6. The van der Waals surface area contributed by atoms with Gasteiger partial charge < -0.3 is 24.4 Å². The third kappa shape index (κ3) is 6.38. The van der Waals surface area contributed by atoms with Crippen molar-refractivity contribution in [3.05, 3.63) is 53.1 Å². The molecular weight excluding hydrogens is 448 g/mol. The number of anilines is 1. The number of hydrogen-bond acceptors (Lipinski definition) is 6. The predicted molar refractivity (Wildman–Crippen MR) is 124 cm³/mol. The quantitative estimate of drug-likeness (QED) is 0.560. The van der Waals surface area contributed by atoms with Gasteiger partial charge in [-0.15, -0.1) is 0 Å². The van der Waals surface area contributed by atoms with E-state index in [1.54, 1.807) is 43.4 Å². The highest BCUT2D eigenvalue weighted by Gasteiger charge is 2.36. The number of halogens is 1. The first kappa shape index (κ1) is 24.4. The number of rotatable bonds is 9. The van der Waals surface area contributed by atoms with Crippen LogP contribution in [-0.2, 0) is 25.5 Å². The van der Waals surface area contributed by atoms with Gasteiger partial charge in [0.2, 0.25) is 5.91 Å². The molecule has 1 heterocycles. The third-order valence-electron chi connectivity index (χ3n) is 5.42. The van der Waals surface area contributed by atoms with E-state index in [0.717, 1.165) is 5.56 Å². The molecule has 0 radical (unpaired) electrons. The molecule has 9 heteroatoms. The number of likely N-dealkylation sites (tertiary alicyclic amines) is 1. The van der Waals surface area contributed by atoms with Crippen molar-refractivity contribution in [3.8, 4) is 11.5 Å². The van der Waals surface area contributed by atoms with Crippen LogP contribution in [0.25, 0.3) is 0 Å². The van der Waals surface area contributed by atoms with Crippen LogP contribution in [0.5, 0.6) is 11.5 Å². The zero-order valence-corrected chi connectivity index (χ0v) is 19.6. The Kier molecular flexibility index (Phi) is 8.16. The minimum Gasteiger partial charge on any atom is -0.493 e. The second-order valence-corrected chi connectivity index (χ2v) is 8.20. The van der Waals surface area contributed by atoms with Crippen LogP contribution >= 0.6 is 11.6 Å². The molecule has 2 aromatic carbocycles. The lowest BCUT2D eigenvalue weighted by molar-refractivity contribution is -0.157. The fourth-order valence-electron chi connectivity index (χ4n) is 3.58. The number of amides is 2. The number of nitrogens with zero attached hydrogens (tertiary/aromatic N) is 1. The normalized spacial score (nSPS) is 16.3. The van der Waals surface area contributed by atoms with E-state index in [4.69, 9.17) is 25.8 Å². The zero-order chi connectivity index (χ0) is 24.0. The highest BCUT2D eigenvalue weighted by Crippen LogP contribution is 2.28. The van der Waals surface area contributed by atoms with Gasteiger partial charge in [0.1, 0.15) is 0 Å². The molecule has 0 spiro atoms. The molecule has 1 aliphatic rings. The van der Waals surface area contributed by atoms with E-state index in [9.17, 15) is 14.4 Å². The monoisotopic (exact) mass is 474 g/mol. The second kappa shape index (κ2) is 11.0. The van der Waals surface area contributed by atoms with Crippen molar-refractivity contribution in [2.45, 2.75) is 25.9 Å². The number of esters is 1. The van der Waals surface area contributed by atoms with Crippen LogP contribution in [0.1, 0.15) is 18.9 Å². The largest absolute Gasteiger partial charge is 0.493 e. The molecule has 0 aromatic heterocycles. The summed E-state index contributed by atoms with van der Waals surface area (Å²) in [4.78, 5) is 38.9. The topological polar surface area (TPSA) is 94.2 Å². The van der Waals surface area contributed by atoms with Gasteiger partial charge in [-0.25, -0.2) is 0 Å². The van der Waals surface area contributed by atoms with Gasteiger partial charge in [-0.05, 0) is 49.2 Å². The maximum atomic E-state index is 12.6. The number of methoxy groups -OCH3 is 2. The van der Waals surface area contributed by atoms with E-state index in [1.165, 1.54) is 6.92 Å². The van der Waals surface area contributed by atoms with Crippen molar-refractivity contribution in [2.24, 2.45) is 5.92 Å². The Morgan fingerprint density at radius 3 is 2.61 bits per heavy atom. The Morgan fingerprint density at radius 1 is 1.15 bits per heavy atom. The Bertz CT molecular complexity index is 1030. The van der Waals surface area contributed by atoms with Gasteiger partial charge in [0.25, 0.3) is 5.91 Å². The molecule has 3 rings (SSSR count). The minimum atomic E-state index is -1.01. The summed E-state index contributed by atoms with van der Waals surface area (Å²) in [5, 5.41) is 3.14. The van der Waals surface area contributed by atoms with Gasteiger partial charge >= 0.3 is 5.97 Å². The average Bonchev–Trinajstić information content (AvgIpc) is 3.18. The summed E-state index contributed by atoms with van der Waals surface area (Å²) < 4.78 is 15.9. The van der Waals surface area contributed by atoms with E-state index in [2.05, 4.69) is 5.32 Å². The molecule has 33 heavy (non-hydrogen) atoms. The summed E-state index contributed by atoms with van der Waals surface area (Å²) in [6.07, 6.45) is -0.341. The van der Waals surface area contributed by atoms with E-state index in [0.29, 0.717) is 35.2 Å². The molecule has 0 saturated carbocycles. The maximum absolute atomic E-state index is 12.6. The van der Waals surface area contributed by atoms with Crippen LogP contribution in [0, 0.1) is 5.92 Å². The average molecular weight is 475 g/mol. The molecule has 176 valence electrons. The van der Waals surface area contributed by atoms with Gasteiger partial charge in [-0.3, -0.25) is 14.4 Å². The predicted octanol–water partition coefficient (Wildman–Crippen LogP) is 3.32. The van der Waals surface area contributed by atoms with Crippen molar-refractivity contribution in [1.29, 1.82) is 0 Å². The molecule has 8 nitrogen and oxygen atoms in total. The highest BCUT2D eigenvalue weighted by molar-refractivity contribution is 6.30. The van der Waals surface area contributed by atoms with Gasteiger partial charge in [0, 0.05) is 30.2 Å². The summed E-state index contributed by atoms with van der Waals surface area (Å²) in [6.45, 7) is 2.21. The number of carbonyl (C=O) groups is 3. The first-order chi connectivity index (χ1) is 15.8.